The Labute approximate surface area is 125 Å². The highest BCUT2D eigenvalue weighted by molar-refractivity contribution is 6.35. The van der Waals surface area contributed by atoms with Crippen LogP contribution >= 0.6 is 34.8 Å². The fourth-order valence-electron chi connectivity index (χ4n) is 1.59. The van der Waals surface area contributed by atoms with Gasteiger partial charge in [-0.2, -0.15) is 0 Å². The topological polar surface area (TPSA) is 42.2 Å². The second-order valence-corrected chi connectivity index (χ2v) is 5.04. The molecule has 19 heavy (non-hydrogen) atoms. The first kappa shape index (κ1) is 14.3. The molecule has 0 aliphatic heterocycles. The highest BCUT2D eigenvalue weighted by Crippen LogP contribution is 2.21. The number of furan rings is 1. The van der Waals surface area contributed by atoms with Crippen molar-refractivity contribution in [2.24, 2.45) is 0 Å². The van der Waals surface area contributed by atoms with Crippen molar-refractivity contribution in [2.45, 2.75) is 6.42 Å². The Bertz CT molecular complexity index is 595. The van der Waals surface area contributed by atoms with Gasteiger partial charge in [0.15, 0.2) is 0 Å². The highest BCUT2D eigenvalue weighted by Gasteiger charge is 2.12. The molecule has 0 unspecified atom stereocenters. The second kappa shape index (κ2) is 6.33. The standard InChI is InChI=1S/C13H10Cl3NO2/c14-9-2-1-8(11(15)7-9)3-5-17-13(18)10-4-6-19-12(10)16/h1-2,4,6-7H,3,5H2,(H,17,18). The molecule has 1 aromatic heterocycles. The Balaban J connectivity index is 1.90. The van der Waals surface area contributed by atoms with Crippen molar-refractivity contribution in [3.8, 4) is 0 Å². The second-order valence-electron chi connectivity index (χ2n) is 3.85. The van der Waals surface area contributed by atoms with E-state index >= 15 is 0 Å². The molecule has 0 aliphatic carbocycles. The van der Waals surface area contributed by atoms with Crippen molar-refractivity contribution < 1.29 is 9.21 Å². The largest absolute Gasteiger partial charge is 0.452 e. The molecule has 3 nitrogen and oxygen atoms in total. The predicted molar refractivity (Wildman–Crippen MR) is 76.2 cm³/mol. The summed E-state index contributed by atoms with van der Waals surface area (Å²) in [6.45, 7) is 0.446. The lowest BCUT2D eigenvalue weighted by Crippen LogP contribution is -2.25. The van der Waals surface area contributed by atoms with Gasteiger partial charge < -0.3 is 9.73 Å². The molecule has 6 heteroatoms. The minimum atomic E-state index is -0.274. The molecule has 1 N–H and O–H groups in total. The van der Waals surface area contributed by atoms with Crippen molar-refractivity contribution in [3.63, 3.8) is 0 Å². The molecule has 2 aromatic rings. The lowest BCUT2D eigenvalue weighted by molar-refractivity contribution is 0.0953. The van der Waals surface area contributed by atoms with Crippen molar-refractivity contribution in [1.29, 1.82) is 0 Å². The summed E-state index contributed by atoms with van der Waals surface area (Å²) in [5.41, 5.74) is 1.24. The van der Waals surface area contributed by atoms with Crippen LogP contribution in [0.4, 0.5) is 0 Å². The predicted octanol–water partition coefficient (Wildman–Crippen LogP) is 4.21. The first-order valence-electron chi connectivity index (χ1n) is 5.53. The van der Waals surface area contributed by atoms with E-state index in [4.69, 9.17) is 39.2 Å². The summed E-state index contributed by atoms with van der Waals surface area (Å²) in [7, 11) is 0. The Morgan fingerprint density at radius 1 is 1.21 bits per heavy atom. The zero-order valence-corrected chi connectivity index (χ0v) is 12.0. The van der Waals surface area contributed by atoms with Gasteiger partial charge in [-0.3, -0.25) is 4.79 Å². The van der Waals surface area contributed by atoms with Gasteiger partial charge in [-0.1, -0.05) is 29.3 Å². The van der Waals surface area contributed by atoms with Gasteiger partial charge >= 0.3 is 0 Å². The van der Waals surface area contributed by atoms with Gasteiger partial charge in [0.25, 0.3) is 5.91 Å². The van der Waals surface area contributed by atoms with Gasteiger partial charge in [0, 0.05) is 16.6 Å². The molecule has 0 radical (unpaired) electrons. The molecule has 2 rings (SSSR count). The minimum absolute atomic E-state index is 0.0852. The molecule has 0 atom stereocenters. The number of benzene rings is 1. The van der Waals surface area contributed by atoms with Crippen LogP contribution < -0.4 is 5.32 Å². The molecule has 1 aromatic carbocycles. The molecular formula is C13H10Cl3NO2. The number of nitrogens with one attached hydrogen (secondary N) is 1. The Hall–Kier alpha value is -1.16. The first-order valence-corrected chi connectivity index (χ1v) is 6.66. The molecule has 0 aliphatic rings. The third kappa shape index (κ3) is 3.66. The quantitative estimate of drug-likeness (QED) is 0.917. The van der Waals surface area contributed by atoms with Crippen molar-refractivity contribution in [1.82, 2.24) is 5.32 Å². The summed E-state index contributed by atoms with van der Waals surface area (Å²) >= 11 is 17.6. The third-order valence-corrected chi connectivity index (χ3v) is 3.44. The molecule has 1 amide bonds. The summed E-state index contributed by atoms with van der Waals surface area (Å²) in [6.07, 6.45) is 1.98. The zero-order valence-electron chi connectivity index (χ0n) is 9.75. The van der Waals surface area contributed by atoms with E-state index < -0.39 is 0 Å². The first-order chi connectivity index (χ1) is 9.08. The maximum atomic E-state index is 11.7. The van der Waals surface area contributed by atoms with Crippen LogP contribution in [0, 0.1) is 0 Å². The fraction of sp³-hybridized carbons (Fsp3) is 0.154. The molecule has 0 bridgehead atoms. The van der Waals surface area contributed by atoms with Crippen LogP contribution in [-0.2, 0) is 6.42 Å². The van der Waals surface area contributed by atoms with Crippen LogP contribution in [0.1, 0.15) is 15.9 Å². The SMILES string of the molecule is O=C(NCCc1ccc(Cl)cc1Cl)c1ccoc1Cl. The molecule has 0 spiro atoms. The van der Waals surface area contributed by atoms with Crippen molar-refractivity contribution in [3.05, 3.63) is 56.9 Å². The van der Waals surface area contributed by atoms with Crippen molar-refractivity contribution >= 4 is 40.7 Å². The number of hydrogen-bond acceptors (Lipinski definition) is 2. The van der Waals surface area contributed by atoms with E-state index in [1.807, 2.05) is 6.07 Å². The lowest BCUT2D eigenvalue weighted by Gasteiger charge is -2.06. The highest BCUT2D eigenvalue weighted by atomic mass is 35.5. The average molecular weight is 319 g/mol. The number of amides is 1. The normalized spacial score (nSPS) is 10.5. The molecular weight excluding hydrogens is 309 g/mol. The number of carbonyl (C=O) groups excluding carboxylic acids is 1. The number of carbonyl (C=O) groups is 1. The maximum Gasteiger partial charge on any atom is 0.256 e. The van der Waals surface area contributed by atoms with E-state index in [0.717, 1.165) is 5.56 Å². The van der Waals surface area contributed by atoms with Crippen LogP contribution in [0.2, 0.25) is 15.3 Å². The smallest absolute Gasteiger partial charge is 0.256 e. The van der Waals surface area contributed by atoms with E-state index in [2.05, 4.69) is 5.32 Å². The van der Waals surface area contributed by atoms with Gasteiger partial charge in [0.05, 0.1) is 11.8 Å². The van der Waals surface area contributed by atoms with Crippen molar-refractivity contribution in [2.75, 3.05) is 6.54 Å². The van der Waals surface area contributed by atoms with E-state index in [1.165, 1.54) is 12.3 Å². The van der Waals surface area contributed by atoms with Gasteiger partial charge in [-0.15, -0.1) is 0 Å². The van der Waals surface area contributed by atoms with Crippen LogP contribution in [0.25, 0.3) is 0 Å². The summed E-state index contributed by atoms with van der Waals surface area (Å²) < 4.78 is 4.85. The van der Waals surface area contributed by atoms with Gasteiger partial charge in [0.2, 0.25) is 5.22 Å². The lowest BCUT2D eigenvalue weighted by atomic mass is 10.1. The molecule has 1 heterocycles. The summed E-state index contributed by atoms with van der Waals surface area (Å²) in [4.78, 5) is 11.7. The third-order valence-electron chi connectivity index (χ3n) is 2.56. The number of halogens is 3. The fourth-order valence-corrected chi connectivity index (χ4v) is 2.29. The molecule has 0 saturated heterocycles. The van der Waals surface area contributed by atoms with Crippen LogP contribution in [0.5, 0.6) is 0 Å². The summed E-state index contributed by atoms with van der Waals surface area (Å²) in [5.74, 6) is -0.274. The maximum absolute atomic E-state index is 11.7. The molecule has 0 saturated carbocycles. The van der Waals surface area contributed by atoms with Crippen LogP contribution in [0.3, 0.4) is 0 Å². The van der Waals surface area contributed by atoms with Gasteiger partial charge in [0.1, 0.15) is 0 Å². The van der Waals surface area contributed by atoms with Gasteiger partial charge in [-0.05, 0) is 41.8 Å². The van der Waals surface area contributed by atoms with E-state index in [9.17, 15) is 4.79 Å². The molecule has 100 valence electrons. The monoisotopic (exact) mass is 317 g/mol. The summed E-state index contributed by atoms with van der Waals surface area (Å²) in [6, 6.07) is 6.79. The Morgan fingerprint density at radius 2 is 2.00 bits per heavy atom. The van der Waals surface area contributed by atoms with E-state index in [0.29, 0.717) is 28.6 Å². The number of rotatable bonds is 4. The minimum Gasteiger partial charge on any atom is -0.452 e. The average Bonchev–Trinajstić information content (AvgIpc) is 2.78. The number of hydrogen-bond donors (Lipinski definition) is 1. The van der Waals surface area contributed by atoms with Crippen LogP contribution in [0.15, 0.2) is 34.9 Å². The Kier molecular flexibility index (Phi) is 4.75. The Morgan fingerprint density at radius 3 is 2.63 bits per heavy atom. The van der Waals surface area contributed by atoms with E-state index in [-0.39, 0.29) is 11.1 Å². The zero-order chi connectivity index (χ0) is 13.8. The molecule has 0 fully saturated rings. The summed E-state index contributed by atoms with van der Waals surface area (Å²) in [5, 5.41) is 4.00. The van der Waals surface area contributed by atoms with E-state index in [1.54, 1.807) is 12.1 Å². The van der Waals surface area contributed by atoms with Crippen LogP contribution in [-0.4, -0.2) is 12.5 Å². The van der Waals surface area contributed by atoms with Gasteiger partial charge in [-0.25, -0.2) is 0 Å².